The second kappa shape index (κ2) is 9.64. The lowest BCUT2D eigenvalue weighted by molar-refractivity contribution is -0.118. The van der Waals surface area contributed by atoms with Crippen LogP contribution in [0.4, 0.5) is 8.78 Å². The molecule has 2 aromatic rings. The number of thioether (sulfide) groups is 1. The van der Waals surface area contributed by atoms with E-state index in [1.807, 2.05) is 12.1 Å². The summed E-state index contributed by atoms with van der Waals surface area (Å²) in [4.78, 5) is 11.8. The summed E-state index contributed by atoms with van der Waals surface area (Å²) in [7, 11) is 0. The van der Waals surface area contributed by atoms with Gasteiger partial charge in [-0.3, -0.25) is 4.79 Å². The lowest BCUT2D eigenvalue weighted by atomic mass is 10.2. The molecule has 130 valence electrons. The molecule has 25 heavy (non-hydrogen) atoms. The summed E-state index contributed by atoms with van der Waals surface area (Å²) in [6.07, 6.45) is 0. The minimum absolute atomic E-state index is 0.0666. The summed E-state index contributed by atoms with van der Waals surface area (Å²) in [5.41, 5.74) is 2.32. The van der Waals surface area contributed by atoms with Crippen molar-refractivity contribution in [3.63, 3.8) is 0 Å². The molecule has 0 spiro atoms. The van der Waals surface area contributed by atoms with Crippen LogP contribution in [0.2, 0.25) is 0 Å². The van der Waals surface area contributed by atoms with E-state index in [0.29, 0.717) is 16.9 Å². The first-order valence-electron chi connectivity index (χ1n) is 7.44. The molecule has 0 fully saturated rings. The smallest absolute Gasteiger partial charge is 0.387 e. The van der Waals surface area contributed by atoms with Crippen molar-refractivity contribution in [1.29, 1.82) is 5.26 Å². The number of carbonyl (C=O) groups excluding carboxylic acids is 1. The van der Waals surface area contributed by atoms with Crippen LogP contribution < -0.4 is 10.1 Å². The Hall–Kier alpha value is -2.59. The molecule has 0 bridgehead atoms. The second-order valence-corrected chi connectivity index (χ2v) is 6.09. The summed E-state index contributed by atoms with van der Waals surface area (Å²) in [5.74, 6) is 0.875. The van der Waals surface area contributed by atoms with Gasteiger partial charge in [-0.25, -0.2) is 0 Å². The Balaban J connectivity index is 1.72. The van der Waals surface area contributed by atoms with Crippen molar-refractivity contribution in [2.75, 3.05) is 5.75 Å². The van der Waals surface area contributed by atoms with Crippen LogP contribution in [0.5, 0.6) is 5.75 Å². The number of amides is 1. The van der Waals surface area contributed by atoms with E-state index in [4.69, 9.17) is 5.26 Å². The highest BCUT2D eigenvalue weighted by molar-refractivity contribution is 7.99. The Bertz CT molecular complexity index is 745. The third-order valence-electron chi connectivity index (χ3n) is 3.20. The lowest BCUT2D eigenvalue weighted by Crippen LogP contribution is -2.24. The molecule has 1 amide bonds. The Morgan fingerprint density at radius 1 is 1.20 bits per heavy atom. The molecule has 1 N–H and O–H groups in total. The number of nitrogens with one attached hydrogen (secondary N) is 1. The normalized spacial score (nSPS) is 10.3. The molecule has 0 atom stereocenters. The van der Waals surface area contributed by atoms with Crippen molar-refractivity contribution in [2.45, 2.75) is 18.9 Å². The standard InChI is InChI=1S/C18H16F2N2O2S/c19-18(20)24-16-3-1-2-15(8-16)10-22-17(23)12-25-11-14-6-4-13(9-21)5-7-14/h1-8,18H,10-12H2,(H,22,23). The fourth-order valence-corrected chi connectivity index (χ4v) is 2.84. The van der Waals surface area contributed by atoms with Crippen LogP contribution in [0.3, 0.4) is 0 Å². The van der Waals surface area contributed by atoms with Gasteiger partial charge in [0.2, 0.25) is 5.91 Å². The van der Waals surface area contributed by atoms with Crippen LogP contribution in [0.15, 0.2) is 48.5 Å². The maximum Gasteiger partial charge on any atom is 0.387 e. The van der Waals surface area contributed by atoms with Gasteiger partial charge < -0.3 is 10.1 Å². The van der Waals surface area contributed by atoms with Crippen molar-refractivity contribution >= 4 is 17.7 Å². The Morgan fingerprint density at radius 2 is 1.96 bits per heavy atom. The molecule has 0 unspecified atom stereocenters. The fourth-order valence-electron chi connectivity index (χ4n) is 2.02. The Labute approximate surface area is 148 Å². The minimum atomic E-state index is -2.87. The maximum absolute atomic E-state index is 12.2. The molecule has 0 radical (unpaired) electrons. The molecule has 0 aromatic heterocycles. The van der Waals surface area contributed by atoms with Crippen molar-refractivity contribution in [3.05, 3.63) is 65.2 Å². The zero-order valence-corrected chi connectivity index (χ0v) is 14.1. The van der Waals surface area contributed by atoms with E-state index >= 15 is 0 Å². The highest BCUT2D eigenvalue weighted by Gasteiger charge is 2.06. The molecule has 2 rings (SSSR count). The van der Waals surface area contributed by atoms with Gasteiger partial charge in [0.1, 0.15) is 5.75 Å². The average Bonchev–Trinajstić information content (AvgIpc) is 2.60. The number of ether oxygens (including phenoxy) is 1. The molecule has 0 saturated carbocycles. The van der Waals surface area contributed by atoms with E-state index < -0.39 is 6.61 Å². The minimum Gasteiger partial charge on any atom is -0.435 e. The number of carbonyl (C=O) groups is 1. The summed E-state index contributed by atoms with van der Waals surface area (Å²) in [5, 5.41) is 11.5. The molecule has 7 heteroatoms. The molecule has 0 saturated heterocycles. The first-order valence-corrected chi connectivity index (χ1v) is 8.59. The first-order chi connectivity index (χ1) is 12.1. The quantitative estimate of drug-likeness (QED) is 0.778. The number of benzene rings is 2. The largest absolute Gasteiger partial charge is 0.435 e. The van der Waals surface area contributed by atoms with Crippen molar-refractivity contribution in [3.8, 4) is 11.8 Å². The van der Waals surface area contributed by atoms with Crippen LogP contribution in [0, 0.1) is 11.3 Å². The Morgan fingerprint density at radius 3 is 2.64 bits per heavy atom. The first kappa shape index (κ1) is 18.7. The van der Waals surface area contributed by atoms with Gasteiger partial charge in [0.15, 0.2) is 0 Å². The second-order valence-electron chi connectivity index (χ2n) is 5.10. The monoisotopic (exact) mass is 362 g/mol. The number of halogens is 2. The zero-order chi connectivity index (χ0) is 18.1. The third-order valence-corrected chi connectivity index (χ3v) is 4.20. The molecule has 0 aliphatic rings. The van der Waals surface area contributed by atoms with Crippen molar-refractivity contribution in [2.24, 2.45) is 0 Å². The highest BCUT2D eigenvalue weighted by Crippen LogP contribution is 2.16. The van der Waals surface area contributed by atoms with Gasteiger partial charge in [0.05, 0.1) is 17.4 Å². The summed E-state index contributed by atoms with van der Waals surface area (Å²) < 4.78 is 28.7. The van der Waals surface area contributed by atoms with Gasteiger partial charge in [0, 0.05) is 12.3 Å². The van der Waals surface area contributed by atoms with E-state index in [-0.39, 0.29) is 24.0 Å². The molecule has 0 heterocycles. The summed E-state index contributed by atoms with van der Waals surface area (Å²) >= 11 is 1.46. The van der Waals surface area contributed by atoms with Crippen LogP contribution >= 0.6 is 11.8 Å². The van der Waals surface area contributed by atoms with E-state index in [9.17, 15) is 13.6 Å². The van der Waals surface area contributed by atoms with E-state index in [1.165, 1.54) is 23.9 Å². The number of rotatable bonds is 8. The van der Waals surface area contributed by atoms with Crippen molar-refractivity contribution in [1.82, 2.24) is 5.32 Å². The van der Waals surface area contributed by atoms with Gasteiger partial charge in [0.25, 0.3) is 0 Å². The van der Waals surface area contributed by atoms with Crippen LogP contribution in [-0.4, -0.2) is 18.3 Å². The number of nitriles is 1. The lowest BCUT2D eigenvalue weighted by Gasteiger charge is -2.08. The van der Waals surface area contributed by atoms with Gasteiger partial charge >= 0.3 is 6.61 Å². The summed E-state index contributed by atoms with van der Waals surface area (Å²) in [6, 6.07) is 15.5. The number of nitrogens with zero attached hydrogens (tertiary/aromatic N) is 1. The molecular weight excluding hydrogens is 346 g/mol. The van der Waals surface area contributed by atoms with E-state index in [0.717, 1.165) is 5.56 Å². The summed E-state index contributed by atoms with van der Waals surface area (Å²) in [6.45, 7) is -2.63. The van der Waals surface area contributed by atoms with Crippen LogP contribution in [0.1, 0.15) is 16.7 Å². The fraction of sp³-hybridized carbons (Fsp3) is 0.222. The van der Waals surface area contributed by atoms with Crippen LogP contribution in [-0.2, 0) is 17.1 Å². The number of hydrogen-bond donors (Lipinski definition) is 1. The Kier molecular flexibility index (Phi) is 7.23. The van der Waals surface area contributed by atoms with Gasteiger partial charge in [-0.1, -0.05) is 24.3 Å². The molecule has 0 aliphatic heterocycles. The predicted molar refractivity (Wildman–Crippen MR) is 92.2 cm³/mol. The molecule has 0 aliphatic carbocycles. The molecule has 2 aromatic carbocycles. The molecular formula is C18H16F2N2O2S. The maximum atomic E-state index is 12.2. The third kappa shape index (κ3) is 6.81. The number of alkyl halides is 2. The SMILES string of the molecule is N#Cc1ccc(CSCC(=O)NCc2cccc(OC(F)F)c2)cc1. The van der Waals surface area contributed by atoms with Gasteiger partial charge in [-0.15, -0.1) is 11.8 Å². The van der Waals surface area contributed by atoms with Crippen LogP contribution in [0.25, 0.3) is 0 Å². The predicted octanol–water partition coefficient (Wildman–Crippen LogP) is 3.71. The van der Waals surface area contributed by atoms with Gasteiger partial charge in [-0.2, -0.15) is 14.0 Å². The molecule has 4 nitrogen and oxygen atoms in total. The topological polar surface area (TPSA) is 62.1 Å². The zero-order valence-electron chi connectivity index (χ0n) is 13.2. The van der Waals surface area contributed by atoms with Gasteiger partial charge in [-0.05, 0) is 35.4 Å². The average molecular weight is 362 g/mol. The van der Waals surface area contributed by atoms with Crippen molar-refractivity contribution < 1.29 is 18.3 Å². The van der Waals surface area contributed by atoms with E-state index in [1.54, 1.807) is 24.3 Å². The van der Waals surface area contributed by atoms with E-state index in [2.05, 4.69) is 16.1 Å². The number of hydrogen-bond acceptors (Lipinski definition) is 4. The highest BCUT2D eigenvalue weighted by atomic mass is 32.2.